The molecule has 0 bridgehead atoms. The fraction of sp³-hybridized carbons (Fsp3) is 0.133. The molecule has 4 aromatic rings. The molecule has 2 atom stereocenters. The molecule has 41 heavy (non-hydrogen) atoms. The first-order chi connectivity index (χ1) is 19.7. The molecule has 1 amide bonds. The van der Waals surface area contributed by atoms with Gasteiger partial charge in [-0.1, -0.05) is 54.1 Å². The summed E-state index contributed by atoms with van der Waals surface area (Å²) in [5.41, 5.74) is 2.15. The van der Waals surface area contributed by atoms with Gasteiger partial charge < -0.3 is 9.15 Å². The molecule has 0 saturated carbocycles. The number of carbonyl (C=O) groups is 1. The highest BCUT2D eigenvalue weighted by Gasteiger charge is 2.58. The van der Waals surface area contributed by atoms with E-state index in [1.54, 1.807) is 41.4 Å². The number of hydrogen-bond donors (Lipinski definition) is 1. The summed E-state index contributed by atoms with van der Waals surface area (Å²) in [7, 11) is 0. The van der Waals surface area contributed by atoms with Crippen LogP contribution in [-0.2, 0) is 6.18 Å². The van der Waals surface area contributed by atoms with Gasteiger partial charge in [0.15, 0.2) is 0 Å². The number of hydrogen-bond acceptors (Lipinski definition) is 6. The number of benzene rings is 3. The molecule has 1 aromatic heterocycles. The van der Waals surface area contributed by atoms with E-state index in [1.165, 1.54) is 6.07 Å². The van der Waals surface area contributed by atoms with Crippen LogP contribution >= 0.6 is 23.4 Å². The van der Waals surface area contributed by atoms with E-state index >= 15 is 0 Å². The third-order valence-electron chi connectivity index (χ3n) is 7.13. The molecular weight excluding hydrogens is 575 g/mol. The monoisotopic (exact) mass is 593 g/mol. The first-order valence-corrected chi connectivity index (χ1v) is 13.8. The summed E-state index contributed by atoms with van der Waals surface area (Å²) in [4.78, 5) is 13.3. The molecule has 3 aromatic carbocycles. The van der Waals surface area contributed by atoms with Crippen molar-refractivity contribution in [2.75, 3.05) is 0 Å². The van der Waals surface area contributed by atoms with Crippen LogP contribution in [0.4, 0.5) is 18.0 Å². The molecule has 206 valence electrons. The number of amides is 1. The van der Waals surface area contributed by atoms with E-state index in [-0.39, 0.29) is 22.6 Å². The Labute approximate surface area is 241 Å². The number of para-hydroxylation sites is 1. The lowest BCUT2D eigenvalue weighted by Crippen LogP contribution is -2.61. The highest BCUT2D eigenvalue weighted by Crippen LogP contribution is 2.52. The Kier molecular flexibility index (Phi) is 5.95. The van der Waals surface area contributed by atoms with Crippen LogP contribution in [-0.4, -0.2) is 21.8 Å². The number of ether oxygens (including phenoxy) is 1. The quantitative estimate of drug-likeness (QED) is 0.259. The summed E-state index contributed by atoms with van der Waals surface area (Å²) >= 11 is 7.05. The molecule has 1 fully saturated rings. The second-order valence-corrected chi connectivity index (χ2v) is 11.2. The zero-order valence-electron chi connectivity index (χ0n) is 21.0. The molecule has 1 N–H and O–H groups in total. The zero-order valence-corrected chi connectivity index (χ0v) is 22.6. The lowest BCUT2D eigenvalue weighted by molar-refractivity contribution is -0.137. The number of halogens is 4. The molecule has 4 heterocycles. The number of furan rings is 1. The van der Waals surface area contributed by atoms with Crippen molar-refractivity contribution in [3.63, 3.8) is 0 Å². The fourth-order valence-electron chi connectivity index (χ4n) is 5.25. The van der Waals surface area contributed by atoms with E-state index in [2.05, 4.69) is 5.32 Å². The van der Waals surface area contributed by atoms with Crippen molar-refractivity contribution in [1.29, 1.82) is 0 Å². The Morgan fingerprint density at radius 3 is 2.63 bits per heavy atom. The Morgan fingerprint density at radius 2 is 1.83 bits per heavy atom. The lowest BCUT2D eigenvalue weighted by atomic mass is 9.96. The Balaban J connectivity index is 1.30. The van der Waals surface area contributed by atoms with Crippen molar-refractivity contribution >= 4 is 40.4 Å². The molecule has 3 aliphatic heterocycles. The van der Waals surface area contributed by atoms with E-state index in [0.717, 1.165) is 40.7 Å². The second-order valence-electron chi connectivity index (χ2n) is 9.71. The van der Waals surface area contributed by atoms with Crippen LogP contribution in [0.2, 0.25) is 5.02 Å². The van der Waals surface area contributed by atoms with Gasteiger partial charge in [0, 0.05) is 22.6 Å². The van der Waals surface area contributed by atoms with Gasteiger partial charge in [-0.2, -0.15) is 18.3 Å². The highest BCUT2D eigenvalue weighted by molar-refractivity contribution is 8.17. The van der Waals surface area contributed by atoms with Gasteiger partial charge in [0.2, 0.25) is 0 Å². The Hall–Kier alpha value is -4.15. The normalized spacial score (nSPS) is 22.4. The number of hydrazone groups is 1. The SMILES string of the molecule is O=C1NC2(Oc3ccccc3C3CC(c4ccc(Cl)cc4)=NN32)C(=Cc2ccc(-c3cccc(C(F)(F)F)c3)o2)S1. The molecule has 11 heteroatoms. The summed E-state index contributed by atoms with van der Waals surface area (Å²) in [6.07, 6.45) is -2.25. The molecule has 6 nitrogen and oxygen atoms in total. The number of nitrogens with one attached hydrogen (secondary N) is 1. The van der Waals surface area contributed by atoms with Gasteiger partial charge in [-0.15, -0.1) is 0 Å². The Morgan fingerprint density at radius 1 is 1.02 bits per heavy atom. The third-order valence-corrected chi connectivity index (χ3v) is 8.28. The van der Waals surface area contributed by atoms with Gasteiger partial charge in [0.25, 0.3) is 5.24 Å². The van der Waals surface area contributed by atoms with Crippen molar-refractivity contribution in [3.8, 4) is 17.1 Å². The minimum Gasteiger partial charge on any atom is -0.457 e. The van der Waals surface area contributed by atoms with Crippen molar-refractivity contribution in [2.24, 2.45) is 5.10 Å². The summed E-state index contributed by atoms with van der Waals surface area (Å²) in [6.45, 7) is 0. The van der Waals surface area contributed by atoms with E-state index in [9.17, 15) is 18.0 Å². The van der Waals surface area contributed by atoms with Gasteiger partial charge >= 0.3 is 12.0 Å². The van der Waals surface area contributed by atoms with E-state index in [4.69, 9.17) is 25.9 Å². The molecular formula is C30H19ClF3N3O3S. The number of fused-ring (bicyclic) bond motifs is 4. The van der Waals surface area contributed by atoms with E-state index in [1.807, 2.05) is 36.4 Å². The molecule has 2 unspecified atom stereocenters. The highest BCUT2D eigenvalue weighted by atomic mass is 35.5. The zero-order chi connectivity index (χ0) is 28.4. The standard InChI is InChI=1S/C30H19ClF3N3O3S/c31-20-10-8-17(9-11-20)23-16-24-22-6-1-2-7-26(22)40-30(37(24)36-23)27(41-28(38)35-30)15-21-12-13-25(39-21)18-4-3-5-19(14-18)29(32,33)34/h1-15,24H,16H2,(H,35,38). The van der Waals surface area contributed by atoms with Crippen LogP contribution in [0.25, 0.3) is 17.4 Å². The van der Waals surface area contributed by atoms with E-state index < -0.39 is 17.6 Å². The largest absolute Gasteiger partial charge is 0.457 e. The van der Waals surface area contributed by atoms with Crippen molar-refractivity contribution in [2.45, 2.75) is 24.5 Å². The number of carbonyl (C=O) groups excluding carboxylic acids is 1. The molecule has 3 aliphatic rings. The van der Waals surface area contributed by atoms with E-state index in [0.29, 0.717) is 27.9 Å². The van der Waals surface area contributed by atoms with Gasteiger partial charge in [-0.3, -0.25) is 10.1 Å². The predicted molar refractivity (Wildman–Crippen MR) is 150 cm³/mol. The molecule has 0 radical (unpaired) electrons. The maximum atomic E-state index is 13.2. The van der Waals surface area contributed by atoms with Gasteiger partial charge in [-0.25, -0.2) is 5.01 Å². The van der Waals surface area contributed by atoms with Gasteiger partial charge in [-0.05, 0) is 65.9 Å². The number of alkyl halides is 3. The summed E-state index contributed by atoms with van der Waals surface area (Å²) < 4.78 is 52.2. The molecule has 7 rings (SSSR count). The van der Waals surface area contributed by atoms with Crippen molar-refractivity contribution in [3.05, 3.63) is 117 Å². The number of thioether (sulfide) groups is 1. The van der Waals surface area contributed by atoms with Crippen LogP contribution in [0.5, 0.6) is 5.75 Å². The van der Waals surface area contributed by atoms with Crippen LogP contribution in [0.15, 0.2) is 99.4 Å². The maximum absolute atomic E-state index is 13.2. The minimum atomic E-state index is -4.47. The summed E-state index contributed by atoms with van der Waals surface area (Å²) in [6, 6.07) is 22.9. The fourth-order valence-corrected chi connectivity index (χ4v) is 6.26. The third kappa shape index (κ3) is 4.47. The van der Waals surface area contributed by atoms with Crippen LogP contribution in [0.3, 0.4) is 0 Å². The Bertz CT molecular complexity index is 1750. The summed E-state index contributed by atoms with van der Waals surface area (Å²) in [5.74, 6) is -0.232. The van der Waals surface area contributed by atoms with Crippen LogP contribution < -0.4 is 10.1 Å². The molecule has 1 saturated heterocycles. The first-order valence-electron chi connectivity index (χ1n) is 12.6. The van der Waals surface area contributed by atoms with Crippen molar-refractivity contribution < 1.29 is 27.1 Å². The second kappa shape index (κ2) is 9.46. The number of rotatable bonds is 3. The topological polar surface area (TPSA) is 67.1 Å². The van der Waals surface area contributed by atoms with Crippen LogP contribution in [0, 0.1) is 0 Å². The van der Waals surface area contributed by atoms with Crippen molar-refractivity contribution in [1.82, 2.24) is 10.3 Å². The lowest BCUT2D eigenvalue weighted by Gasteiger charge is -2.44. The van der Waals surface area contributed by atoms with Crippen LogP contribution in [0.1, 0.15) is 34.9 Å². The smallest absolute Gasteiger partial charge is 0.416 e. The first kappa shape index (κ1) is 25.8. The average Bonchev–Trinajstić information content (AvgIpc) is 3.68. The molecule has 0 aliphatic carbocycles. The number of nitrogens with zero attached hydrogens (tertiary/aromatic N) is 2. The minimum absolute atomic E-state index is 0.231. The predicted octanol–water partition coefficient (Wildman–Crippen LogP) is 8.31. The average molecular weight is 594 g/mol. The maximum Gasteiger partial charge on any atom is 0.416 e. The molecule has 1 spiro atoms. The summed E-state index contributed by atoms with van der Waals surface area (Å²) in [5, 5.41) is 9.93. The van der Waals surface area contributed by atoms with Gasteiger partial charge in [0.05, 0.1) is 22.2 Å². The van der Waals surface area contributed by atoms with Gasteiger partial charge in [0.1, 0.15) is 17.3 Å².